The van der Waals surface area contributed by atoms with Crippen molar-refractivity contribution in [1.82, 2.24) is 9.47 Å². The molecule has 2 aromatic carbocycles. The molecule has 0 saturated carbocycles. The number of carbonyl (C=O) groups excluding carboxylic acids is 1. The Morgan fingerprint density at radius 1 is 1.11 bits per heavy atom. The maximum atomic E-state index is 12.4. The van der Waals surface area contributed by atoms with Crippen molar-refractivity contribution in [2.75, 3.05) is 20.2 Å². The van der Waals surface area contributed by atoms with Crippen LogP contribution in [0.4, 0.5) is 5.69 Å². The van der Waals surface area contributed by atoms with Crippen LogP contribution in [-0.4, -0.2) is 40.7 Å². The maximum Gasteiger partial charge on any atom is 0.295 e. The van der Waals surface area contributed by atoms with Crippen LogP contribution in [0.15, 0.2) is 58.8 Å². The number of hydrogen-bond acceptors (Lipinski definition) is 5. The molecule has 1 N–H and O–H groups in total. The van der Waals surface area contributed by atoms with E-state index in [1.165, 1.54) is 12.8 Å². The fourth-order valence-electron chi connectivity index (χ4n) is 3.52. The van der Waals surface area contributed by atoms with Crippen molar-refractivity contribution >= 4 is 22.5 Å². The van der Waals surface area contributed by atoms with Crippen LogP contribution in [-0.2, 0) is 6.67 Å². The minimum absolute atomic E-state index is 0.0272. The van der Waals surface area contributed by atoms with E-state index in [2.05, 4.69) is 15.1 Å². The van der Waals surface area contributed by atoms with Gasteiger partial charge in [0.2, 0.25) is 5.88 Å². The monoisotopic (exact) mass is 378 g/mol. The number of azo groups is 1. The number of ether oxygens (including phenoxy) is 1. The van der Waals surface area contributed by atoms with Crippen LogP contribution in [0.3, 0.4) is 0 Å². The molecular formula is C21H22N4O3. The zero-order chi connectivity index (χ0) is 19.5. The molecule has 4 rings (SSSR count). The number of amides is 1. The molecule has 2 heterocycles. The van der Waals surface area contributed by atoms with Crippen molar-refractivity contribution in [2.24, 2.45) is 10.2 Å². The zero-order valence-electron chi connectivity index (χ0n) is 15.7. The van der Waals surface area contributed by atoms with Crippen LogP contribution in [0.25, 0.3) is 10.9 Å². The number of fused-ring (bicyclic) bond motifs is 1. The molecule has 0 bridgehead atoms. The lowest BCUT2D eigenvalue weighted by atomic mass is 10.2. The van der Waals surface area contributed by atoms with Crippen LogP contribution in [0.2, 0.25) is 0 Å². The van der Waals surface area contributed by atoms with Gasteiger partial charge in [0, 0.05) is 10.9 Å². The third-order valence-corrected chi connectivity index (χ3v) is 5.04. The van der Waals surface area contributed by atoms with E-state index in [9.17, 15) is 9.90 Å². The largest absolute Gasteiger partial charge is 0.497 e. The van der Waals surface area contributed by atoms with E-state index in [0.29, 0.717) is 23.7 Å². The van der Waals surface area contributed by atoms with E-state index in [0.717, 1.165) is 24.0 Å². The molecule has 7 heteroatoms. The van der Waals surface area contributed by atoms with E-state index in [1.54, 1.807) is 31.4 Å². The summed E-state index contributed by atoms with van der Waals surface area (Å²) in [6.45, 7) is 2.62. The molecule has 3 aromatic rings. The number of aromatic hydroxyl groups is 1. The second-order valence-corrected chi connectivity index (χ2v) is 6.82. The molecular weight excluding hydrogens is 356 g/mol. The lowest BCUT2D eigenvalue weighted by Crippen LogP contribution is -2.22. The molecule has 28 heavy (non-hydrogen) atoms. The van der Waals surface area contributed by atoms with Crippen molar-refractivity contribution in [3.63, 3.8) is 0 Å². The topological polar surface area (TPSA) is 79.4 Å². The smallest absolute Gasteiger partial charge is 0.295 e. The number of carbonyl (C=O) groups is 1. The van der Waals surface area contributed by atoms with E-state index >= 15 is 0 Å². The van der Waals surface area contributed by atoms with Gasteiger partial charge in [0.15, 0.2) is 5.69 Å². The summed E-state index contributed by atoms with van der Waals surface area (Å²) in [5, 5.41) is 19.5. The lowest BCUT2D eigenvalue weighted by Gasteiger charge is -2.17. The Bertz CT molecular complexity index is 1020. The van der Waals surface area contributed by atoms with Gasteiger partial charge in [0.25, 0.3) is 5.91 Å². The summed E-state index contributed by atoms with van der Waals surface area (Å²) in [5.41, 5.74) is 1.60. The molecule has 1 saturated heterocycles. The normalized spacial score (nSPS) is 14.9. The second kappa shape index (κ2) is 7.82. The molecule has 0 atom stereocenters. The minimum Gasteiger partial charge on any atom is -0.497 e. The highest BCUT2D eigenvalue weighted by Crippen LogP contribution is 2.39. The van der Waals surface area contributed by atoms with Crippen molar-refractivity contribution in [3.05, 3.63) is 54.1 Å². The number of rotatable bonds is 5. The van der Waals surface area contributed by atoms with Crippen molar-refractivity contribution in [1.29, 1.82) is 0 Å². The van der Waals surface area contributed by atoms with Gasteiger partial charge in [-0.05, 0) is 56.3 Å². The minimum atomic E-state index is -0.474. The first-order valence-electron chi connectivity index (χ1n) is 9.30. The summed E-state index contributed by atoms with van der Waals surface area (Å²) in [6.07, 6.45) is 2.34. The molecule has 0 aliphatic carbocycles. The quantitative estimate of drug-likeness (QED) is 0.670. The van der Waals surface area contributed by atoms with Gasteiger partial charge in [-0.15, -0.1) is 10.2 Å². The van der Waals surface area contributed by atoms with Crippen molar-refractivity contribution < 1.29 is 14.6 Å². The number of aromatic nitrogens is 1. The summed E-state index contributed by atoms with van der Waals surface area (Å²) in [6, 6.07) is 14.3. The molecule has 1 aliphatic rings. The maximum absolute atomic E-state index is 12.4. The van der Waals surface area contributed by atoms with Gasteiger partial charge in [-0.25, -0.2) is 0 Å². The second-order valence-electron chi connectivity index (χ2n) is 6.82. The van der Waals surface area contributed by atoms with Gasteiger partial charge in [-0.3, -0.25) is 14.3 Å². The molecule has 1 aromatic heterocycles. The first-order valence-corrected chi connectivity index (χ1v) is 9.30. The average molecular weight is 378 g/mol. The average Bonchev–Trinajstić information content (AvgIpc) is 3.34. The van der Waals surface area contributed by atoms with Gasteiger partial charge in [-0.2, -0.15) is 0 Å². The molecule has 0 spiro atoms. The Kier molecular flexibility index (Phi) is 5.08. The van der Waals surface area contributed by atoms with E-state index < -0.39 is 5.91 Å². The number of likely N-dealkylation sites (tertiary alicyclic amines) is 1. The standard InChI is InChI=1S/C21H22N4O3/c1-28-16-10-8-15(9-11-16)20(26)23-22-19-17-6-2-3-7-18(17)25(21(19)27)14-24-12-4-5-13-24/h2-3,6-11,27H,4-5,12-14H2,1H3. The Morgan fingerprint density at radius 2 is 1.82 bits per heavy atom. The first kappa shape index (κ1) is 18.2. The molecule has 1 fully saturated rings. The van der Waals surface area contributed by atoms with E-state index in [4.69, 9.17) is 4.74 Å². The number of methoxy groups -OCH3 is 1. The SMILES string of the molecule is COc1ccc(C(=O)N=Nc2c(O)n(CN3CCCC3)c3ccccc23)cc1. The van der Waals surface area contributed by atoms with E-state index in [1.807, 2.05) is 28.8 Å². The van der Waals surface area contributed by atoms with Crippen LogP contribution >= 0.6 is 0 Å². The third kappa shape index (κ3) is 3.48. The number of para-hydroxylation sites is 1. The van der Waals surface area contributed by atoms with Crippen LogP contribution in [0.5, 0.6) is 11.6 Å². The number of nitrogens with zero attached hydrogens (tertiary/aromatic N) is 4. The molecule has 7 nitrogen and oxygen atoms in total. The van der Waals surface area contributed by atoms with Gasteiger partial charge in [-0.1, -0.05) is 18.2 Å². The molecule has 1 aliphatic heterocycles. The number of hydrogen-bond donors (Lipinski definition) is 1. The van der Waals surface area contributed by atoms with Crippen molar-refractivity contribution in [2.45, 2.75) is 19.5 Å². The summed E-state index contributed by atoms with van der Waals surface area (Å²) < 4.78 is 6.92. The third-order valence-electron chi connectivity index (χ3n) is 5.04. The van der Waals surface area contributed by atoms with Gasteiger partial charge in [0.05, 0.1) is 19.3 Å². The predicted octanol–water partition coefficient (Wildman–Crippen LogP) is 4.33. The van der Waals surface area contributed by atoms with Crippen LogP contribution in [0, 0.1) is 0 Å². The lowest BCUT2D eigenvalue weighted by molar-refractivity contribution is 0.0995. The molecule has 144 valence electrons. The Labute approximate surface area is 162 Å². The van der Waals surface area contributed by atoms with Gasteiger partial charge in [0.1, 0.15) is 5.75 Å². The van der Waals surface area contributed by atoms with Crippen LogP contribution in [0.1, 0.15) is 23.2 Å². The molecule has 1 amide bonds. The highest BCUT2D eigenvalue weighted by Gasteiger charge is 2.20. The van der Waals surface area contributed by atoms with Crippen LogP contribution < -0.4 is 4.74 Å². The van der Waals surface area contributed by atoms with Gasteiger partial charge >= 0.3 is 0 Å². The highest BCUT2D eigenvalue weighted by atomic mass is 16.5. The molecule has 0 unspecified atom stereocenters. The molecule has 0 radical (unpaired) electrons. The fourth-order valence-corrected chi connectivity index (χ4v) is 3.52. The predicted molar refractivity (Wildman–Crippen MR) is 106 cm³/mol. The Balaban J connectivity index is 1.64. The zero-order valence-corrected chi connectivity index (χ0v) is 15.7. The van der Waals surface area contributed by atoms with Crippen molar-refractivity contribution in [3.8, 4) is 11.6 Å². The Morgan fingerprint density at radius 3 is 2.54 bits per heavy atom. The summed E-state index contributed by atoms with van der Waals surface area (Å²) in [7, 11) is 1.57. The van der Waals surface area contributed by atoms with Gasteiger partial charge < -0.3 is 9.84 Å². The Hall–Kier alpha value is -3.19. The summed E-state index contributed by atoms with van der Waals surface area (Å²) >= 11 is 0. The fraction of sp³-hybridized carbons (Fsp3) is 0.286. The number of benzene rings is 2. The first-order chi connectivity index (χ1) is 13.7. The summed E-state index contributed by atoms with van der Waals surface area (Å²) in [5.74, 6) is 0.217. The summed E-state index contributed by atoms with van der Waals surface area (Å²) in [4.78, 5) is 14.6. The highest BCUT2D eigenvalue weighted by molar-refractivity contribution is 5.97. The van der Waals surface area contributed by atoms with E-state index in [-0.39, 0.29) is 5.88 Å².